The van der Waals surface area contributed by atoms with E-state index in [1.807, 2.05) is 13.2 Å². The number of ether oxygens (including phenoxy) is 1. The maximum atomic E-state index is 13.0. The second-order valence-electron chi connectivity index (χ2n) is 4.95. The van der Waals surface area contributed by atoms with Gasteiger partial charge in [0.25, 0.3) is 0 Å². The van der Waals surface area contributed by atoms with Crippen LogP contribution in [-0.2, 0) is 13.6 Å². The Morgan fingerprint density at radius 2 is 2.35 bits per heavy atom. The highest BCUT2D eigenvalue weighted by molar-refractivity contribution is 5.11. The van der Waals surface area contributed by atoms with E-state index in [0.717, 1.165) is 31.7 Å². The largest absolute Gasteiger partial charge is 0.473 e. The Morgan fingerprint density at radius 3 is 3.10 bits per heavy atom. The molecule has 2 aromatic rings. The minimum absolute atomic E-state index is 0.0426. The van der Waals surface area contributed by atoms with Gasteiger partial charge in [-0.15, -0.1) is 5.10 Å². The van der Waals surface area contributed by atoms with Crippen molar-refractivity contribution in [1.29, 1.82) is 0 Å². The topological polar surface area (TPSA) is 56.1 Å². The van der Waals surface area contributed by atoms with Gasteiger partial charge in [0, 0.05) is 38.9 Å². The number of rotatable bonds is 4. The Hall–Kier alpha value is -2.02. The molecule has 0 saturated carbocycles. The normalized spacial score (nSPS) is 19.4. The summed E-state index contributed by atoms with van der Waals surface area (Å²) >= 11 is 0. The van der Waals surface area contributed by atoms with Crippen LogP contribution in [0.2, 0.25) is 0 Å². The van der Waals surface area contributed by atoms with E-state index in [-0.39, 0.29) is 6.10 Å². The van der Waals surface area contributed by atoms with Gasteiger partial charge < -0.3 is 4.74 Å². The van der Waals surface area contributed by atoms with Gasteiger partial charge in [-0.25, -0.2) is 0 Å². The number of likely N-dealkylation sites (tertiary alicyclic amines) is 1. The lowest BCUT2D eigenvalue weighted by Gasteiger charge is -2.15. The number of pyridine rings is 1. The van der Waals surface area contributed by atoms with Crippen LogP contribution in [0, 0.1) is 5.95 Å². The number of aromatic nitrogens is 4. The van der Waals surface area contributed by atoms with Gasteiger partial charge in [0.1, 0.15) is 6.10 Å². The highest BCUT2D eigenvalue weighted by atomic mass is 19.1. The molecule has 0 bridgehead atoms. The van der Waals surface area contributed by atoms with Gasteiger partial charge in [0.05, 0.1) is 5.69 Å². The van der Waals surface area contributed by atoms with Crippen molar-refractivity contribution in [3.8, 4) is 5.88 Å². The van der Waals surface area contributed by atoms with Crippen molar-refractivity contribution in [1.82, 2.24) is 24.9 Å². The van der Waals surface area contributed by atoms with Crippen LogP contribution in [-0.4, -0.2) is 44.1 Å². The molecule has 1 unspecified atom stereocenters. The minimum atomic E-state index is -0.517. The van der Waals surface area contributed by atoms with Crippen LogP contribution < -0.4 is 4.74 Å². The van der Waals surface area contributed by atoms with Gasteiger partial charge in [-0.05, 0) is 12.5 Å². The molecule has 0 N–H and O–H groups in total. The molecule has 1 aliphatic rings. The zero-order valence-electron chi connectivity index (χ0n) is 11.2. The fourth-order valence-electron chi connectivity index (χ4n) is 2.36. The maximum absolute atomic E-state index is 13.0. The molecule has 6 nitrogen and oxygen atoms in total. The third kappa shape index (κ3) is 3.11. The molecule has 0 radical (unpaired) electrons. The Bertz CT molecular complexity index is 588. The molecular formula is C13H16FN5O. The Balaban J connectivity index is 1.54. The fourth-order valence-corrected chi connectivity index (χ4v) is 2.36. The zero-order chi connectivity index (χ0) is 13.9. The van der Waals surface area contributed by atoms with Crippen molar-refractivity contribution in [2.45, 2.75) is 19.1 Å². The molecule has 0 amide bonds. The molecule has 1 atom stereocenters. The minimum Gasteiger partial charge on any atom is -0.473 e. The zero-order valence-corrected chi connectivity index (χ0v) is 11.2. The second kappa shape index (κ2) is 5.54. The van der Waals surface area contributed by atoms with Crippen LogP contribution in [0.15, 0.2) is 24.4 Å². The van der Waals surface area contributed by atoms with Gasteiger partial charge >= 0.3 is 0 Å². The summed E-state index contributed by atoms with van der Waals surface area (Å²) in [5, 5.41) is 7.98. The molecular weight excluding hydrogens is 261 g/mol. The van der Waals surface area contributed by atoms with Crippen LogP contribution in [0.3, 0.4) is 0 Å². The third-order valence-corrected chi connectivity index (χ3v) is 3.24. The molecule has 3 rings (SSSR count). The standard InChI is InChI=1S/C13H16FN5O/c1-18-7-10(16-17-18)8-19-6-5-11(9-19)20-13-4-2-3-12(14)15-13/h2-4,7,11H,5-6,8-9H2,1H3. The van der Waals surface area contributed by atoms with E-state index in [2.05, 4.69) is 20.2 Å². The van der Waals surface area contributed by atoms with Crippen molar-refractivity contribution in [2.75, 3.05) is 13.1 Å². The number of nitrogens with zero attached hydrogens (tertiary/aromatic N) is 5. The monoisotopic (exact) mass is 277 g/mol. The molecule has 3 heterocycles. The van der Waals surface area contributed by atoms with Gasteiger partial charge in [0.2, 0.25) is 11.8 Å². The summed E-state index contributed by atoms with van der Waals surface area (Å²) in [6.45, 7) is 2.47. The SMILES string of the molecule is Cn1cc(CN2CCC(Oc3cccc(F)n3)C2)nn1. The van der Waals surface area contributed by atoms with Crippen LogP contribution in [0.1, 0.15) is 12.1 Å². The average Bonchev–Trinajstić information content (AvgIpc) is 3.00. The summed E-state index contributed by atoms with van der Waals surface area (Å²) in [5.74, 6) is -0.173. The number of hydrogen-bond donors (Lipinski definition) is 0. The van der Waals surface area contributed by atoms with Crippen molar-refractivity contribution in [3.63, 3.8) is 0 Å². The van der Waals surface area contributed by atoms with Gasteiger partial charge in [-0.2, -0.15) is 9.37 Å². The van der Waals surface area contributed by atoms with E-state index in [1.54, 1.807) is 16.8 Å². The van der Waals surface area contributed by atoms with E-state index >= 15 is 0 Å². The van der Waals surface area contributed by atoms with Crippen molar-refractivity contribution in [3.05, 3.63) is 36.0 Å². The Morgan fingerprint density at radius 1 is 1.45 bits per heavy atom. The van der Waals surface area contributed by atoms with Crippen molar-refractivity contribution in [2.24, 2.45) is 7.05 Å². The smallest absolute Gasteiger partial charge is 0.216 e. The molecule has 20 heavy (non-hydrogen) atoms. The maximum Gasteiger partial charge on any atom is 0.216 e. The molecule has 1 saturated heterocycles. The predicted octanol–water partition coefficient (Wildman–Crippen LogP) is 1.00. The molecule has 7 heteroatoms. The van der Waals surface area contributed by atoms with Crippen LogP contribution in [0.25, 0.3) is 0 Å². The van der Waals surface area contributed by atoms with Crippen LogP contribution in [0.5, 0.6) is 5.88 Å². The lowest BCUT2D eigenvalue weighted by Crippen LogP contribution is -2.25. The Labute approximate surface area is 116 Å². The van der Waals surface area contributed by atoms with E-state index in [4.69, 9.17) is 4.74 Å². The number of halogens is 1. The van der Waals surface area contributed by atoms with Crippen LogP contribution >= 0.6 is 0 Å². The summed E-state index contributed by atoms with van der Waals surface area (Å²) < 4.78 is 20.4. The Kier molecular flexibility index (Phi) is 3.60. The first-order valence-electron chi connectivity index (χ1n) is 6.56. The molecule has 0 aromatic carbocycles. The van der Waals surface area contributed by atoms with Crippen LogP contribution in [0.4, 0.5) is 4.39 Å². The quantitative estimate of drug-likeness (QED) is 0.780. The summed E-state index contributed by atoms with van der Waals surface area (Å²) in [4.78, 5) is 5.96. The highest BCUT2D eigenvalue weighted by Crippen LogP contribution is 2.18. The average molecular weight is 277 g/mol. The van der Waals surface area contributed by atoms with E-state index in [9.17, 15) is 4.39 Å². The first-order chi connectivity index (χ1) is 9.69. The first-order valence-corrected chi connectivity index (χ1v) is 6.56. The van der Waals surface area contributed by atoms with Gasteiger partial charge in [-0.3, -0.25) is 9.58 Å². The molecule has 1 fully saturated rings. The van der Waals surface area contributed by atoms with Crippen molar-refractivity contribution < 1.29 is 9.13 Å². The summed E-state index contributed by atoms with van der Waals surface area (Å²) in [6, 6.07) is 4.58. The molecule has 2 aromatic heterocycles. The lowest BCUT2D eigenvalue weighted by atomic mass is 10.3. The summed E-state index contributed by atoms with van der Waals surface area (Å²) in [5.41, 5.74) is 0.942. The summed E-state index contributed by atoms with van der Waals surface area (Å²) in [7, 11) is 1.85. The highest BCUT2D eigenvalue weighted by Gasteiger charge is 2.25. The second-order valence-corrected chi connectivity index (χ2v) is 4.95. The molecule has 0 spiro atoms. The van der Waals surface area contributed by atoms with E-state index < -0.39 is 5.95 Å². The molecule has 1 aliphatic heterocycles. The number of aryl methyl sites for hydroxylation is 1. The van der Waals surface area contributed by atoms with Gasteiger partial charge in [-0.1, -0.05) is 11.3 Å². The number of hydrogen-bond acceptors (Lipinski definition) is 5. The lowest BCUT2D eigenvalue weighted by molar-refractivity contribution is 0.189. The summed E-state index contributed by atoms with van der Waals surface area (Å²) in [6.07, 6.45) is 2.85. The third-order valence-electron chi connectivity index (χ3n) is 3.24. The first kappa shape index (κ1) is 13.0. The van der Waals surface area contributed by atoms with E-state index in [1.165, 1.54) is 6.07 Å². The van der Waals surface area contributed by atoms with Gasteiger partial charge in [0.15, 0.2) is 0 Å². The fraction of sp³-hybridized carbons (Fsp3) is 0.462. The predicted molar refractivity (Wildman–Crippen MR) is 69.5 cm³/mol. The molecule has 106 valence electrons. The van der Waals surface area contributed by atoms with E-state index in [0.29, 0.717) is 5.88 Å². The molecule has 0 aliphatic carbocycles. The van der Waals surface area contributed by atoms with Crippen molar-refractivity contribution >= 4 is 0 Å².